The Hall–Kier alpha value is -2.72. The molecule has 1 N–H and O–H groups in total. The SMILES string of the molecule is CCOCCN1C[C@H]2N(C(=O)CN(CF)N2C(=O)NCc2ccccc2)[C@@H](CC(C)C)C1=O. The highest BCUT2D eigenvalue weighted by Gasteiger charge is 2.51. The van der Waals surface area contributed by atoms with Crippen LogP contribution >= 0.6 is 0 Å². The molecule has 2 atom stereocenters. The number of benzene rings is 1. The molecule has 2 heterocycles. The van der Waals surface area contributed by atoms with Gasteiger partial charge in [-0.25, -0.2) is 14.2 Å². The lowest BCUT2D eigenvalue weighted by atomic mass is 9.97. The quantitative estimate of drug-likeness (QED) is 0.446. The van der Waals surface area contributed by atoms with Gasteiger partial charge in [0.1, 0.15) is 18.8 Å². The minimum atomic E-state index is -0.990. The van der Waals surface area contributed by atoms with Crippen LogP contribution in [0.25, 0.3) is 0 Å². The predicted molar refractivity (Wildman–Crippen MR) is 120 cm³/mol. The van der Waals surface area contributed by atoms with Crippen LogP contribution in [0.5, 0.6) is 0 Å². The lowest BCUT2D eigenvalue weighted by Gasteiger charge is -2.54. The fraction of sp³-hybridized carbons (Fsp3) is 0.609. The van der Waals surface area contributed by atoms with E-state index < -0.39 is 25.0 Å². The summed E-state index contributed by atoms with van der Waals surface area (Å²) in [6.07, 6.45) is -0.331. The van der Waals surface area contributed by atoms with Crippen LogP contribution in [0, 0.1) is 5.92 Å². The predicted octanol–water partition coefficient (Wildman–Crippen LogP) is 1.80. The largest absolute Gasteiger partial charge is 0.380 e. The molecule has 0 aromatic heterocycles. The first-order valence-electron chi connectivity index (χ1n) is 11.5. The smallest absolute Gasteiger partial charge is 0.334 e. The molecule has 0 radical (unpaired) electrons. The number of halogens is 1. The van der Waals surface area contributed by atoms with Crippen molar-refractivity contribution in [2.45, 2.75) is 45.9 Å². The molecule has 4 amide bonds. The molecule has 2 saturated heterocycles. The van der Waals surface area contributed by atoms with Gasteiger partial charge in [-0.05, 0) is 24.8 Å². The first kappa shape index (κ1) is 24.9. The minimum absolute atomic E-state index is 0.0987. The van der Waals surface area contributed by atoms with Gasteiger partial charge in [-0.15, -0.1) is 0 Å². The summed E-state index contributed by atoms with van der Waals surface area (Å²) in [4.78, 5) is 42.6. The van der Waals surface area contributed by atoms with Crippen LogP contribution in [0.1, 0.15) is 32.8 Å². The van der Waals surface area contributed by atoms with Gasteiger partial charge in [0.2, 0.25) is 11.8 Å². The lowest BCUT2D eigenvalue weighted by molar-refractivity contribution is -0.196. The van der Waals surface area contributed by atoms with E-state index in [-0.39, 0.29) is 37.4 Å². The highest BCUT2D eigenvalue weighted by atomic mass is 19.1. The Morgan fingerprint density at radius 1 is 1.24 bits per heavy atom. The highest BCUT2D eigenvalue weighted by molar-refractivity contribution is 5.91. The molecule has 2 aliphatic heterocycles. The number of nitrogens with one attached hydrogen (secondary N) is 1. The molecule has 2 aliphatic rings. The molecular weight excluding hydrogens is 429 g/mol. The van der Waals surface area contributed by atoms with E-state index in [4.69, 9.17) is 4.74 Å². The second kappa shape index (κ2) is 11.4. The highest BCUT2D eigenvalue weighted by Crippen LogP contribution is 2.29. The standard InChI is InChI=1S/C23H34FN5O4/c1-4-33-11-10-26-14-20-28(19(22(26)31)12-17(2)3)21(30)15-27(16-24)29(20)23(32)25-13-18-8-6-5-7-9-18/h5-9,17,19-20H,4,10-16H2,1-3H3,(H,25,32)/t19-,20-/m0/s1. The van der Waals surface area contributed by atoms with Gasteiger partial charge in [0.05, 0.1) is 13.2 Å². The number of carbonyl (C=O) groups is 3. The van der Waals surface area contributed by atoms with E-state index in [9.17, 15) is 18.8 Å². The molecule has 182 valence electrons. The number of fused-ring (bicyclic) bond motifs is 1. The van der Waals surface area contributed by atoms with Crippen molar-refractivity contribution in [3.63, 3.8) is 0 Å². The van der Waals surface area contributed by atoms with E-state index in [2.05, 4.69) is 5.32 Å². The molecular formula is C23H34FN5O4. The van der Waals surface area contributed by atoms with E-state index in [1.165, 1.54) is 9.91 Å². The summed E-state index contributed by atoms with van der Waals surface area (Å²) in [6.45, 7) is 6.12. The number of amides is 4. The van der Waals surface area contributed by atoms with Crippen LogP contribution in [0.3, 0.4) is 0 Å². The van der Waals surface area contributed by atoms with Gasteiger partial charge >= 0.3 is 6.03 Å². The number of hydrazine groups is 1. The van der Waals surface area contributed by atoms with Gasteiger partial charge in [0.25, 0.3) is 0 Å². The molecule has 1 aromatic rings. The van der Waals surface area contributed by atoms with Crippen molar-refractivity contribution in [3.05, 3.63) is 35.9 Å². The lowest BCUT2D eigenvalue weighted by Crippen LogP contribution is -2.76. The van der Waals surface area contributed by atoms with Crippen LogP contribution in [0.4, 0.5) is 9.18 Å². The van der Waals surface area contributed by atoms with Crippen LogP contribution < -0.4 is 5.32 Å². The second-order valence-corrected chi connectivity index (χ2v) is 8.68. The Labute approximate surface area is 194 Å². The molecule has 1 aromatic carbocycles. The Balaban J connectivity index is 1.86. The number of hydrogen-bond donors (Lipinski definition) is 1. The van der Waals surface area contributed by atoms with E-state index >= 15 is 0 Å². The van der Waals surface area contributed by atoms with Crippen LogP contribution in [-0.2, 0) is 20.9 Å². The molecule has 0 spiro atoms. The van der Waals surface area contributed by atoms with Gasteiger partial charge in [-0.2, -0.15) is 5.01 Å². The van der Waals surface area contributed by atoms with Gasteiger partial charge in [0, 0.05) is 19.7 Å². The molecule has 0 bridgehead atoms. The van der Waals surface area contributed by atoms with Crippen LogP contribution in [-0.4, -0.2) is 89.5 Å². The van der Waals surface area contributed by atoms with E-state index in [0.29, 0.717) is 26.2 Å². The monoisotopic (exact) mass is 463 g/mol. The Morgan fingerprint density at radius 2 is 1.97 bits per heavy atom. The number of alkyl halides is 1. The summed E-state index contributed by atoms with van der Waals surface area (Å²) in [7, 11) is 0. The molecule has 2 fully saturated rings. The number of carbonyl (C=O) groups excluding carboxylic acids is 3. The van der Waals surface area contributed by atoms with E-state index in [1.807, 2.05) is 51.1 Å². The maximum atomic E-state index is 13.9. The first-order chi connectivity index (χ1) is 15.9. The van der Waals surface area contributed by atoms with Gasteiger partial charge in [0.15, 0.2) is 6.80 Å². The maximum absolute atomic E-state index is 13.9. The third-order valence-electron chi connectivity index (χ3n) is 5.87. The molecule has 33 heavy (non-hydrogen) atoms. The average molecular weight is 464 g/mol. The van der Waals surface area contributed by atoms with Crippen LogP contribution in [0.2, 0.25) is 0 Å². The fourth-order valence-electron chi connectivity index (χ4n) is 4.35. The topological polar surface area (TPSA) is 85.4 Å². The van der Waals surface area contributed by atoms with Crippen molar-refractivity contribution in [2.24, 2.45) is 5.92 Å². The van der Waals surface area contributed by atoms with Crippen molar-refractivity contribution in [3.8, 4) is 0 Å². The third kappa shape index (κ3) is 5.80. The number of piperazine rings is 1. The van der Waals surface area contributed by atoms with Crippen LogP contribution in [0.15, 0.2) is 30.3 Å². The van der Waals surface area contributed by atoms with Gasteiger partial charge < -0.3 is 19.9 Å². The van der Waals surface area contributed by atoms with Gasteiger partial charge in [-0.1, -0.05) is 44.2 Å². The Bertz CT molecular complexity index is 824. The van der Waals surface area contributed by atoms with Crippen molar-refractivity contribution < 1.29 is 23.5 Å². The van der Waals surface area contributed by atoms with Crippen molar-refractivity contribution in [2.75, 3.05) is 39.6 Å². The molecule has 0 unspecified atom stereocenters. The van der Waals surface area contributed by atoms with Crippen molar-refractivity contribution >= 4 is 17.8 Å². The molecule has 9 nitrogen and oxygen atoms in total. The number of hydrogen-bond acceptors (Lipinski definition) is 5. The van der Waals surface area contributed by atoms with Crippen molar-refractivity contribution in [1.82, 2.24) is 25.1 Å². The number of ether oxygens (including phenoxy) is 1. The summed E-state index contributed by atoms with van der Waals surface area (Å²) < 4.78 is 19.4. The normalized spacial score (nSPS) is 21.5. The number of rotatable bonds is 9. The van der Waals surface area contributed by atoms with E-state index in [0.717, 1.165) is 10.6 Å². The zero-order valence-corrected chi connectivity index (χ0v) is 19.6. The summed E-state index contributed by atoms with van der Waals surface area (Å²) >= 11 is 0. The maximum Gasteiger partial charge on any atom is 0.334 e. The van der Waals surface area contributed by atoms with Crippen molar-refractivity contribution in [1.29, 1.82) is 0 Å². The summed E-state index contributed by atoms with van der Waals surface area (Å²) in [6, 6.07) is 8.17. The first-order valence-corrected chi connectivity index (χ1v) is 11.5. The van der Waals surface area contributed by atoms with Gasteiger partial charge in [-0.3, -0.25) is 9.59 Å². The Morgan fingerprint density at radius 3 is 2.61 bits per heavy atom. The number of nitrogens with zero attached hydrogens (tertiary/aromatic N) is 4. The molecule has 0 aliphatic carbocycles. The number of urea groups is 1. The zero-order valence-electron chi connectivity index (χ0n) is 19.6. The minimum Gasteiger partial charge on any atom is -0.380 e. The summed E-state index contributed by atoms with van der Waals surface area (Å²) in [5.41, 5.74) is 0.900. The Kier molecular flexibility index (Phi) is 8.62. The molecule has 10 heteroatoms. The summed E-state index contributed by atoms with van der Waals surface area (Å²) in [5, 5.41) is 5.19. The molecule has 3 rings (SSSR count). The average Bonchev–Trinajstić information content (AvgIpc) is 2.80. The summed E-state index contributed by atoms with van der Waals surface area (Å²) in [5.74, 6) is -0.363. The second-order valence-electron chi connectivity index (χ2n) is 8.68. The third-order valence-corrected chi connectivity index (χ3v) is 5.87. The molecule has 0 saturated carbocycles. The fourth-order valence-corrected chi connectivity index (χ4v) is 4.35. The van der Waals surface area contributed by atoms with E-state index in [1.54, 1.807) is 4.90 Å². The zero-order chi connectivity index (χ0) is 24.0.